The van der Waals surface area contributed by atoms with Gasteiger partial charge in [-0.05, 0) is 30.7 Å². The Labute approximate surface area is 92.7 Å². The summed E-state index contributed by atoms with van der Waals surface area (Å²) in [4.78, 5) is 0. The lowest BCUT2D eigenvalue weighted by atomic mass is 10.1. The molecule has 0 amide bonds. The van der Waals surface area contributed by atoms with Crippen molar-refractivity contribution in [3.05, 3.63) is 53.1 Å². The van der Waals surface area contributed by atoms with Crippen LogP contribution >= 0.6 is 0 Å². The van der Waals surface area contributed by atoms with E-state index in [1.165, 1.54) is 6.07 Å². The van der Waals surface area contributed by atoms with Gasteiger partial charge in [-0.25, -0.2) is 4.39 Å². The summed E-state index contributed by atoms with van der Waals surface area (Å²) >= 11 is 0. The summed E-state index contributed by atoms with van der Waals surface area (Å²) in [7, 11) is 0. The molecule has 1 aromatic heterocycles. The van der Waals surface area contributed by atoms with Gasteiger partial charge in [-0.2, -0.15) is 10.4 Å². The lowest BCUT2D eigenvalue weighted by Crippen LogP contribution is -2.04. The zero-order chi connectivity index (χ0) is 11.5. The maximum atomic E-state index is 13.1. The molecule has 2 aromatic rings. The first-order valence-corrected chi connectivity index (χ1v) is 4.87. The predicted molar refractivity (Wildman–Crippen MR) is 57.2 cm³/mol. The molecular weight excluding hydrogens is 205 g/mol. The van der Waals surface area contributed by atoms with Crippen LogP contribution in [0, 0.1) is 24.1 Å². The molecule has 16 heavy (non-hydrogen) atoms. The molecular formula is C12H10FN3. The van der Waals surface area contributed by atoms with Crippen molar-refractivity contribution >= 4 is 0 Å². The quantitative estimate of drug-likeness (QED) is 0.771. The maximum absolute atomic E-state index is 13.1. The first-order chi connectivity index (χ1) is 7.70. The van der Waals surface area contributed by atoms with Gasteiger partial charge in [-0.3, -0.25) is 4.68 Å². The number of benzene rings is 1. The SMILES string of the molecule is Cc1ccnn1Cc1ccc(F)c(C#N)c1. The van der Waals surface area contributed by atoms with Crippen LogP contribution in [0.15, 0.2) is 30.5 Å². The lowest BCUT2D eigenvalue weighted by Gasteiger charge is -2.05. The van der Waals surface area contributed by atoms with Crippen molar-refractivity contribution in [2.45, 2.75) is 13.5 Å². The molecule has 4 heteroatoms. The van der Waals surface area contributed by atoms with Crippen LogP contribution in [0.3, 0.4) is 0 Å². The maximum Gasteiger partial charge on any atom is 0.140 e. The molecule has 3 nitrogen and oxygen atoms in total. The zero-order valence-electron chi connectivity index (χ0n) is 8.81. The van der Waals surface area contributed by atoms with Crippen LogP contribution in [-0.2, 0) is 6.54 Å². The Morgan fingerprint density at radius 2 is 2.25 bits per heavy atom. The number of aromatic nitrogens is 2. The van der Waals surface area contributed by atoms with Crippen molar-refractivity contribution in [3.63, 3.8) is 0 Å². The molecule has 0 unspecified atom stereocenters. The molecule has 1 heterocycles. The average molecular weight is 215 g/mol. The van der Waals surface area contributed by atoms with Crippen LogP contribution in [0.2, 0.25) is 0 Å². The predicted octanol–water partition coefficient (Wildman–Crippen LogP) is 2.25. The van der Waals surface area contributed by atoms with Crippen LogP contribution in [0.1, 0.15) is 16.8 Å². The zero-order valence-corrected chi connectivity index (χ0v) is 8.81. The highest BCUT2D eigenvalue weighted by atomic mass is 19.1. The molecule has 1 aromatic carbocycles. The van der Waals surface area contributed by atoms with Crippen molar-refractivity contribution in [2.24, 2.45) is 0 Å². The fourth-order valence-corrected chi connectivity index (χ4v) is 1.49. The van der Waals surface area contributed by atoms with E-state index in [0.29, 0.717) is 6.54 Å². The third-order valence-corrected chi connectivity index (χ3v) is 2.41. The second-order valence-electron chi connectivity index (χ2n) is 3.56. The van der Waals surface area contributed by atoms with Crippen LogP contribution in [0.4, 0.5) is 4.39 Å². The number of hydrogen-bond acceptors (Lipinski definition) is 2. The largest absolute Gasteiger partial charge is 0.265 e. The molecule has 2 rings (SSSR count). The third kappa shape index (κ3) is 1.94. The van der Waals surface area contributed by atoms with Gasteiger partial charge in [0, 0.05) is 11.9 Å². The Morgan fingerprint density at radius 1 is 1.44 bits per heavy atom. The number of nitrogens with zero attached hydrogens (tertiary/aromatic N) is 3. The van der Waals surface area contributed by atoms with Gasteiger partial charge in [-0.15, -0.1) is 0 Å². The summed E-state index contributed by atoms with van der Waals surface area (Å²) < 4.78 is 14.9. The van der Waals surface area contributed by atoms with Gasteiger partial charge in [-0.1, -0.05) is 6.07 Å². The highest BCUT2D eigenvalue weighted by Crippen LogP contribution is 2.11. The topological polar surface area (TPSA) is 41.6 Å². The highest BCUT2D eigenvalue weighted by molar-refractivity contribution is 5.34. The first-order valence-electron chi connectivity index (χ1n) is 4.87. The second-order valence-corrected chi connectivity index (χ2v) is 3.56. The third-order valence-electron chi connectivity index (χ3n) is 2.41. The average Bonchev–Trinajstić information content (AvgIpc) is 2.67. The van der Waals surface area contributed by atoms with Crippen LogP contribution < -0.4 is 0 Å². The summed E-state index contributed by atoms with van der Waals surface area (Å²) in [6, 6.07) is 8.25. The summed E-state index contributed by atoms with van der Waals surface area (Å²) in [5.74, 6) is -0.483. The molecule has 0 atom stereocenters. The molecule has 0 fully saturated rings. The second kappa shape index (κ2) is 4.15. The number of nitriles is 1. The van der Waals surface area contributed by atoms with Gasteiger partial charge in [0.05, 0.1) is 12.1 Å². The molecule has 0 radical (unpaired) electrons. The minimum absolute atomic E-state index is 0.0716. The Kier molecular flexibility index (Phi) is 2.69. The van der Waals surface area contributed by atoms with Crippen LogP contribution in [0.5, 0.6) is 0 Å². The Hall–Kier alpha value is -2.15. The van der Waals surface area contributed by atoms with E-state index in [1.807, 2.05) is 19.1 Å². The van der Waals surface area contributed by atoms with E-state index >= 15 is 0 Å². The summed E-state index contributed by atoms with van der Waals surface area (Å²) in [5.41, 5.74) is 1.97. The Balaban J connectivity index is 2.30. The normalized spacial score (nSPS) is 10.1. The van der Waals surface area contributed by atoms with Crippen molar-refractivity contribution < 1.29 is 4.39 Å². The van der Waals surface area contributed by atoms with E-state index in [2.05, 4.69) is 5.10 Å². The molecule has 80 valence electrons. The molecule has 0 aliphatic heterocycles. The standard InChI is InChI=1S/C12H10FN3/c1-9-4-5-15-16(9)8-10-2-3-12(13)11(6-10)7-14/h2-6H,8H2,1H3. The molecule has 0 aliphatic carbocycles. The van der Waals surface area contributed by atoms with Gasteiger partial charge in [0.1, 0.15) is 11.9 Å². The van der Waals surface area contributed by atoms with E-state index < -0.39 is 5.82 Å². The number of hydrogen-bond donors (Lipinski definition) is 0. The molecule has 0 bridgehead atoms. The first kappa shape index (κ1) is 10.4. The monoisotopic (exact) mass is 215 g/mol. The number of halogens is 1. The van der Waals surface area contributed by atoms with E-state index in [1.54, 1.807) is 23.0 Å². The summed E-state index contributed by atoms with van der Waals surface area (Å²) in [6.07, 6.45) is 1.71. The van der Waals surface area contributed by atoms with E-state index in [-0.39, 0.29) is 5.56 Å². The van der Waals surface area contributed by atoms with Crippen molar-refractivity contribution in [3.8, 4) is 6.07 Å². The van der Waals surface area contributed by atoms with Gasteiger partial charge < -0.3 is 0 Å². The van der Waals surface area contributed by atoms with E-state index in [9.17, 15) is 4.39 Å². The summed E-state index contributed by atoms with van der Waals surface area (Å²) in [5, 5.41) is 12.8. The van der Waals surface area contributed by atoms with Gasteiger partial charge in [0.25, 0.3) is 0 Å². The lowest BCUT2D eigenvalue weighted by molar-refractivity contribution is 0.619. The number of rotatable bonds is 2. The van der Waals surface area contributed by atoms with Gasteiger partial charge in [0.2, 0.25) is 0 Å². The minimum Gasteiger partial charge on any atom is -0.265 e. The Bertz CT molecular complexity index is 552. The smallest absolute Gasteiger partial charge is 0.140 e. The van der Waals surface area contributed by atoms with Crippen LogP contribution in [-0.4, -0.2) is 9.78 Å². The Morgan fingerprint density at radius 3 is 2.88 bits per heavy atom. The molecule has 0 aliphatic rings. The fourth-order valence-electron chi connectivity index (χ4n) is 1.49. The summed E-state index contributed by atoms with van der Waals surface area (Å²) in [6.45, 7) is 2.50. The van der Waals surface area contributed by atoms with E-state index in [0.717, 1.165) is 11.3 Å². The highest BCUT2D eigenvalue weighted by Gasteiger charge is 2.04. The molecule has 0 saturated heterocycles. The fraction of sp³-hybridized carbons (Fsp3) is 0.167. The minimum atomic E-state index is -0.483. The molecule has 0 N–H and O–H groups in total. The van der Waals surface area contributed by atoms with Crippen molar-refractivity contribution in [1.29, 1.82) is 5.26 Å². The van der Waals surface area contributed by atoms with E-state index in [4.69, 9.17) is 5.26 Å². The van der Waals surface area contributed by atoms with Crippen LogP contribution in [0.25, 0.3) is 0 Å². The van der Waals surface area contributed by atoms with Crippen molar-refractivity contribution in [1.82, 2.24) is 9.78 Å². The van der Waals surface area contributed by atoms with Gasteiger partial charge >= 0.3 is 0 Å². The van der Waals surface area contributed by atoms with Crippen molar-refractivity contribution in [2.75, 3.05) is 0 Å². The molecule has 0 spiro atoms. The number of aryl methyl sites for hydroxylation is 1. The van der Waals surface area contributed by atoms with Gasteiger partial charge in [0.15, 0.2) is 0 Å². The molecule has 0 saturated carbocycles.